The molecule has 0 aliphatic carbocycles. The molecule has 0 saturated carbocycles. The van der Waals surface area contributed by atoms with Crippen molar-refractivity contribution < 1.29 is 12.8 Å². The first-order valence-electron chi connectivity index (χ1n) is 8.83. The third-order valence-electron chi connectivity index (χ3n) is 4.56. The standard InChI is InChI=1S/C19H24FN3O2S/c20-18-9-4-5-10-19(18)26(24,25)21-11-6-12-22-13-15-23(16-14-22)17-7-2-1-3-8-17/h1-5,7-10,21H,6,11-16H2. The highest BCUT2D eigenvalue weighted by molar-refractivity contribution is 7.89. The molecule has 7 heteroatoms. The Labute approximate surface area is 154 Å². The normalized spacial score (nSPS) is 16.0. The van der Waals surface area contributed by atoms with Gasteiger partial charge in [0, 0.05) is 38.4 Å². The van der Waals surface area contributed by atoms with Crippen LogP contribution in [0.5, 0.6) is 0 Å². The number of anilines is 1. The van der Waals surface area contributed by atoms with E-state index in [0.717, 1.165) is 38.8 Å². The number of benzene rings is 2. The van der Waals surface area contributed by atoms with Gasteiger partial charge in [-0.05, 0) is 37.2 Å². The van der Waals surface area contributed by atoms with Gasteiger partial charge in [-0.2, -0.15) is 0 Å². The van der Waals surface area contributed by atoms with Crippen molar-refractivity contribution in [3.63, 3.8) is 0 Å². The smallest absolute Gasteiger partial charge is 0.243 e. The summed E-state index contributed by atoms with van der Waals surface area (Å²) in [4.78, 5) is 4.39. The fourth-order valence-electron chi connectivity index (χ4n) is 3.12. The largest absolute Gasteiger partial charge is 0.369 e. The number of nitrogens with zero attached hydrogens (tertiary/aromatic N) is 2. The van der Waals surface area contributed by atoms with E-state index in [2.05, 4.69) is 26.7 Å². The number of sulfonamides is 1. The van der Waals surface area contributed by atoms with Gasteiger partial charge in [-0.15, -0.1) is 0 Å². The number of piperazine rings is 1. The second kappa shape index (κ2) is 8.62. The van der Waals surface area contributed by atoms with Gasteiger partial charge in [0.25, 0.3) is 0 Å². The Bertz CT molecular complexity index is 807. The van der Waals surface area contributed by atoms with Crippen LogP contribution in [0.15, 0.2) is 59.5 Å². The molecule has 0 unspecified atom stereocenters. The average Bonchev–Trinajstić information content (AvgIpc) is 2.67. The quantitative estimate of drug-likeness (QED) is 0.753. The highest BCUT2D eigenvalue weighted by Crippen LogP contribution is 2.16. The molecular weight excluding hydrogens is 353 g/mol. The van der Waals surface area contributed by atoms with Gasteiger partial charge in [0.15, 0.2) is 0 Å². The summed E-state index contributed by atoms with van der Waals surface area (Å²) in [5, 5.41) is 0. The summed E-state index contributed by atoms with van der Waals surface area (Å²) in [6.45, 7) is 4.96. The van der Waals surface area contributed by atoms with E-state index in [1.165, 1.54) is 23.9 Å². The van der Waals surface area contributed by atoms with Gasteiger partial charge in [-0.25, -0.2) is 17.5 Å². The van der Waals surface area contributed by atoms with Crippen LogP contribution in [0.3, 0.4) is 0 Å². The Morgan fingerprint density at radius 1 is 0.923 bits per heavy atom. The van der Waals surface area contributed by atoms with Crippen LogP contribution in [0.4, 0.5) is 10.1 Å². The number of rotatable bonds is 7. The topological polar surface area (TPSA) is 52.7 Å². The van der Waals surface area contributed by atoms with E-state index in [0.29, 0.717) is 13.0 Å². The minimum atomic E-state index is -3.79. The first kappa shape index (κ1) is 18.8. The van der Waals surface area contributed by atoms with Crippen molar-refractivity contribution in [3.8, 4) is 0 Å². The highest BCUT2D eigenvalue weighted by Gasteiger charge is 2.19. The maximum Gasteiger partial charge on any atom is 0.243 e. The zero-order chi connectivity index (χ0) is 18.4. The molecule has 0 amide bonds. The average molecular weight is 377 g/mol. The zero-order valence-electron chi connectivity index (χ0n) is 14.6. The van der Waals surface area contributed by atoms with Crippen LogP contribution in [-0.2, 0) is 10.0 Å². The Morgan fingerprint density at radius 2 is 1.58 bits per heavy atom. The fraction of sp³-hybridized carbons (Fsp3) is 0.368. The molecule has 1 heterocycles. The summed E-state index contributed by atoms with van der Waals surface area (Å²) in [6, 6.07) is 15.8. The zero-order valence-corrected chi connectivity index (χ0v) is 15.5. The van der Waals surface area contributed by atoms with Gasteiger partial charge in [0.2, 0.25) is 10.0 Å². The first-order valence-corrected chi connectivity index (χ1v) is 10.3. The lowest BCUT2D eigenvalue weighted by Crippen LogP contribution is -2.47. The van der Waals surface area contributed by atoms with Crippen molar-refractivity contribution in [2.45, 2.75) is 11.3 Å². The van der Waals surface area contributed by atoms with Gasteiger partial charge in [0.1, 0.15) is 10.7 Å². The number of halogens is 1. The lowest BCUT2D eigenvalue weighted by atomic mass is 10.2. The van der Waals surface area contributed by atoms with Gasteiger partial charge in [-0.3, -0.25) is 4.90 Å². The number of hydrogen-bond donors (Lipinski definition) is 1. The molecular formula is C19H24FN3O2S. The SMILES string of the molecule is O=S(=O)(NCCCN1CCN(c2ccccc2)CC1)c1ccccc1F. The molecule has 0 radical (unpaired) electrons. The van der Waals surface area contributed by atoms with Crippen molar-refractivity contribution in [1.29, 1.82) is 0 Å². The molecule has 2 aromatic carbocycles. The van der Waals surface area contributed by atoms with Gasteiger partial charge >= 0.3 is 0 Å². The van der Waals surface area contributed by atoms with E-state index >= 15 is 0 Å². The molecule has 1 aliphatic heterocycles. The van der Waals surface area contributed by atoms with E-state index in [4.69, 9.17) is 0 Å². The maximum atomic E-state index is 13.6. The van der Waals surface area contributed by atoms with Crippen molar-refractivity contribution in [3.05, 3.63) is 60.4 Å². The summed E-state index contributed by atoms with van der Waals surface area (Å²) in [7, 11) is -3.79. The Hall–Kier alpha value is -1.96. The molecule has 26 heavy (non-hydrogen) atoms. The lowest BCUT2D eigenvalue weighted by molar-refractivity contribution is 0.255. The molecule has 0 bridgehead atoms. The molecule has 5 nitrogen and oxygen atoms in total. The van der Waals surface area contributed by atoms with E-state index in [9.17, 15) is 12.8 Å². The van der Waals surface area contributed by atoms with Crippen LogP contribution >= 0.6 is 0 Å². The van der Waals surface area contributed by atoms with E-state index in [1.54, 1.807) is 0 Å². The molecule has 0 spiro atoms. The minimum Gasteiger partial charge on any atom is -0.369 e. The van der Waals surface area contributed by atoms with Gasteiger partial charge in [0.05, 0.1) is 0 Å². The Morgan fingerprint density at radius 3 is 2.27 bits per heavy atom. The van der Waals surface area contributed by atoms with Crippen LogP contribution < -0.4 is 9.62 Å². The van der Waals surface area contributed by atoms with Crippen LogP contribution in [-0.4, -0.2) is 52.6 Å². The maximum absolute atomic E-state index is 13.6. The molecule has 1 saturated heterocycles. The summed E-state index contributed by atoms with van der Waals surface area (Å²) in [5.41, 5.74) is 1.24. The molecule has 0 aromatic heterocycles. The van der Waals surface area contributed by atoms with Crippen LogP contribution in [0.2, 0.25) is 0 Å². The van der Waals surface area contributed by atoms with Gasteiger partial charge < -0.3 is 4.90 Å². The van der Waals surface area contributed by atoms with E-state index < -0.39 is 15.8 Å². The van der Waals surface area contributed by atoms with Crippen molar-refractivity contribution in [2.24, 2.45) is 0 Å². The fourth-order valence-corrected chi connectivity index (χ4v) is 4.27. The molecule has 3 rings (SSSR count). The van der Waals surface area contributed by atoms with Crippen molar-refractivity contribution in [2.75, 3.05) is 44.2 Å². The van der Waals surface area contributed by atoms with E-state index in [-0.39, 0.29) is 4.90 Å². The highest BCUT2D eigenvalue weighted by atomic mass is 32.2. The molecule has 140 valence electrons. The second-order valence-electron chi connectivity index (χ2n) is 6.35. The van der Waals surface area contributed by atoms with Crippen LogP contribution in [0.1, 0.15) is 6.42 Å². The Balaban J connectivity index is 1.40. The molecule has 2 aromatic rings. The predicted octanol–water partition coefficient (Wildman–Crippen LogP) is 2.32. The third kappa shape index (κ3) is 4.81. The first-order chi connectivity index (χ1) is 12.6. The number of hydrogen-bond acceptors (Lipinski definition) is 4. The molecule has 0 atom stereocenters. The minimum absolute atomic E-state index is 0.295. The summed E-state index contributed by atoms with van der Waals surface area (Å²) in [5.74, 6) is -0.725. The van der Waals surface area contributed by atoms with Gasteiger partial charge in [-0.1, -0.05) is 30.3 Å². The van der Waals surface area contributed by atoms with Crippen molar-refractivity contribution >= 4 is 15.7 Å². The molecule has 1 fully saturated rings. The predicted molar refractivity (Wildman–Crippen MR) is 101 cm³/mol. The number of para-hydroxylation sites is 1. The summed E-state index contributed by atoms with van der Waals surface area (Å²) >= 11 is 0. The monoisotopic (exact) mass is 377 g/mol. The van der Waals surface area contributed by atoms with Crippen molar-refractivity contribution in [1.82, 2.24) is 9.62 Å². The Kier molecular flexibility index (Phi) is 6.24. The molecule has 1 N–H and O–H groups in total. The summed E-state index contributed by atoms with van der Waals surface area (Å²) in [6.07, 6.45) is 0.693. The van der Waals surface area contributed by atoms with Crippen LogP contribution in [0, 0.1) is 5.82 Å². The molecule has 1 aliphatic rings. The third-order valence-corrected chi connectivity index (χ3v) is 6.06. The summed E-state index contributed by atoms with van der Waals surface area (Å²) < 4.78 is 40.4. The number of nitrogens with one attached hydrogen (secondary N) is 1. The second-order valence-corrected chi connectivity index (χ2v) is 8.08. The van der Waals surface area contributed by atoms with Crippen LogP contribution in [0.25, 0.3) is 0 Å². The lowest BCUT2D eigenvalue weighted by Gasteiger charge is -2.36. The van der Waals surface area contributed by atoms with E-state index in [1.807, 2.05) is 18.2 Å².